The first-order valence-electron chi connectivity index (χ1n) is 9.02. The number of rotatable bonds is 9. The highest BCUT2D eigenvalue weighted by molar-refractivity contribution is 7.92. The number of halogens is 1. The molecule has 0 aromatic heterocycles. The molecule has 0 spiro atoms. The van der Waals surface area contributed by atoms with Crippen molar-refractivity contribution in [3.05, 3.63) is 53.1 Å². The van der Waals surface area contributed by atoms with E-state index in [0.29, 0.717) is 16.5 Å². The monoisotopic (exact) mass is 424 g/mol. The topological polar surface area (TPSA) is 84.5 Å². The number of anilines is 1. The van der Waals surface area contributed by atoms with Crippen molar-refractivity contribution in [3.63, 3.8) is 0 Å². The van der Waals surface area contributed by atoms with Gasteiger partial charge in [-0.15, -0.1) is 0 Å². The van der Waals surface area contributed by atoms with E-state index in [-0.39, 0.29) is 23.5 Å². The van der Waals surface area contributed by atoms with Crippen LogP contribution in [0.25, 0.3) is 0 Å². The summed E-state index contributed by atoms with van der Waals surface area (Å²) in [7, 11) is -3.76. The van der Waals surface area contributed by atoms with Gasteiger partial charge in [0.2, 0.25) is 0 Å². The molecule has 0 bridgehead atoms. The van der Waals surface area contributed by atoms with Gasteiger partial charge in [0.1, 0.15) is 5.75 Å². The van der Waals surface area contributed by atoms with Crippen LogP contribution in [0.1, 0.15) is 32.3 Å². The zero-order chi connectivity index (χ0) is 20.7. The molecule has 2 N–H and O–H groups in total. The number of benzene rings is 2. The molecule has 0 fully saturated rings. The number of hydrogen-bond donors (Lipinski definition) is 2. The smallest absolute Gasteiger partial charge is 0.261 e. The van der Waals surface area contributed by atoms with E-state index in [9.17, 15) is 13.2 Å². The molecule has 6 nitrogen and oxygen atoms in total. The van der Waals surface area contributed by atoms with Crippen molar-refractivity contribution >= 4 is 33.2 Å². The predicted molar refractivity (Wildman–Crippen MR) is 111 cm³/mol. The summed E-state index contributed by atoms with van der Waals surface area (Å²) in [4.78, 5) is 11.9. The van der Waals surface area contributed by atoms with Crippen molar-refractivity contribution in [2.45, 2.75) is 44.6 Å². The second-order valence-corrected chi connectivity index (χ2v) is 8.68. The van der Waals surface area contributed by atoms with Gasteiger partial charge in [0.25, 0.3) is 15.9 Å². The standard InChI is InChI=1S/C20H25ClN2O4S/c1-4-5-15(3)22-20(24)13-27-17-8-10-18(11-9-17)28(25,26)23-16-7-6-14(2)19(21)12-16/h6-12,15,23H,4-5,13H2,1-3H3,(H,22,24)/t15-/m1/s1. The van der Waals surface area contributed by atoms with E-state index in [2.05, 4.69) is 17.0 Å². The number of hydrogen-bond acceptors (Lipinski definition) is 4. The Balaban J connectivity index is 1.97. The average molecular weight is 425 g/mol. The van der Waals surface area contributed by atoms with Crippen LogP contribution in [0.15, 0.2) is 47.4 Å². The number of carbonyl (C=O) groups excluding carboxylic acids is 1. The number of amides is 1. The van der Waals surface area contributed by atoms with Crippen LogP contribution in [0, 0.1) is 6.92 Å². The van der Waals surface area contributed by atoms with Gasteiger partial charge in [-0.3, -0.25) is 9.52 Å². The van der Waals surface area contributed by atoms with Crippen LogP contribution in [-0.2, 0) is 14.8 Å². The fourth-order valence-corrected chi connectivity index (χ4v) is 3.79. The summed E-state index contributed by atoms with van der Waals surface area (Å²) in [6.07, 6.45) is 1.89. The van der Waals surface area contributed by atoms with Gasteiger partial charge in [-0.2, -0.15) is 0 Å². The van der Waals surface area contributed by atoms with E-state index < -0.39 is 10.0 Å². The first-order chi connectivity index (χ1) is 13.2. The van der Waals surface area contributed by atoms with E-state index in [0.717, 1.165) is 18.4 Å². The van der Waals surface area contributed by atoms with Crippen molar-refractivity contribution in [1.82, 2.24) is 5.32 Å². The van der Waals surface area contributed by atoms with Gasteiger partial charge in [0, 0.05) is 11.1 Å². The van der Waals surface area contributed by atoms with Crippen molar-refractivity contribution in [2.75, 3.05) is 11.3 Å². The third-order valence-electron chi connectivity index (χ3n) is 4.06. The summed E-state index contributed by atoms with van der Waals surface area (Å²) in [5, 5.41) is 3.32. The van der Waals surface area contributed by atoms with Gasteiger partial charge in [-0.05, 0) is 62.2 Å². The van der Waals surface area contributed by atoms with Crippen molar-refractivity contribution in [2.24, 2.45) is 0 Å². The molecular formula is C20H25ClN2O4S. The molecule has 0 aliphatic rings. The molecule has 2 aromatic rings. The molecule has 0 radical (unpaired) electrons. The summed E-state index contributed by atoms with van der Waals surface area (Å²) >= 11 is 6.03. The zero-order valence-electron chi connectivity index (χ0n) is 16.2. The maximum absolute atomic E-state index is 12.5. The first kappa shape index (κ1) is 22.0. The summed E-state index contributed by atoms with van der Waals surface area (Å²) in [5.74, 6) is 0.200. The highest BCUT2D eigenvalue weighted by atomic mass is 35.5. The van der Waals surface area contributed by atoms with Crippen LogP contribution in [0.4, 0.5) is 5.69 Å². The highest BCUT2D eigenvalue weighted by Crippen LogP contribution is 2.23. The zero-order valence-corrected chi connectivity index (χ0v) is 17.7. The van der Waals surface area contributed by atoms with Gasteiger partial charge >= 0.3 is 0 Å². The van der Waals surface area contributed by atoms with Crippen LogP contribution in [0.2, 0.25) is 5.02 Å². The second kappa shape index (κ2) is 9.80. The van der Waals surface area contributed by atoms with E-state index in [1.165, 1.54) is 24.3 Å². The summed E-state index contributed by atoms with van der Waals surface area (Å²) < 4.78 is 32.9. The lowest BCUT2D eigenvalue weighted by molar-refractivity contribution is -0.123. The minimum absolute atomic E-state index is 0.0811. The molecule has 152 valence electrons. The normalized spacial score (nSPS) is 12.3. The lowest BCUT2D eigenvalue weighted by Gasteiger charge is -2.13. The Kier molecular flexibility index (Phi) is 7.71. The van der Waals surface area contributed by atoms with Crippen molar-refractivity contribution in [1.29, 1.82) is 0 Å². The fourth-order valence-electron chi connectivity index (χ4n) is 2.56. The number of nitrogens with one attached hydrogen (secondary N) is 2. The first-order valence-corrected chi connectivity index (χ1v) is 10.9. The number of carbonyl (C=O) groups is 1. The molecule has 2 aromatic carbocycles. The Hall–Kier alpha value is -2.25. The van der Waals surface area contributed by atoms with Crippen LogP contribution < -0.4 is 14.8 Å². The third kappa shape index (κ3) is 6.42. The van der Waals surface area contributed by atoms with Crippen molar-refractivity contribution in [3.8, 4) is 5.75 Å². The molecule has 0 saturated heterocycles. The molecule has 0 saturated carbocycles. The van der Waals surface area contributed by atoms with Crippen LogP contribution in [-0.4, -0.2) is 27.0 Å². The lowest BCUT2D eigenvalue weighted by atomic mass is 10.2. The summed E-state index contributed by atoms with van der Waals surface area (Å²) in [6, 6.07) is 10.9. The van der Waals surface area contributed by atoms with Crippen LogP contribution >= 0.6 is 11.6 Å². The van der Waals surface area contributed by atoms with Crippen LogP contribution in [0.5, 0.6) is 5.75 Å². The molecular weight excluding hydrogens is 400 g/mol. The number of aryl methyl sites for hydroxylation is 1. The second-order valence-electron chi connectivity index (χ2n) is 6.59. The molecule has 1 amide bonds. The Morgan fingerprint density at radius 2 is 1.86 bits per heavy atom. The molecule has 0 unspecified atom stereocenters. The summed E-state index contributed by atoms with van der Waals surface area (Å²) in [6.45, 7) is 5.71. The lowest BCUT2D eigenvalue weighted by Crippen LogP contribution is -2.35. The van der Waals surface area contributed by atoms with Gasteiger partial charge in [0.15, 0.2) is 6.61 Å². The number of ether oxygens (including phenoxy) is 1. The van der Waals surface area contributed by atoms with Gasteiger partial charge in [-0.25, -0.2) is 8.42 Å². The molecule has 0 aliphatic heterocycles. The molecule has 1 atom stereocenters. The quantitative estimate of drug-likeness (QED) is 0.633. The maximum atomic E-state index is 12.5. The fraction of sp³-hybridized carbons (Fsp3) is 0.350. The Labute approximate surface area is 171 Å². The SMILES string of the molecule is CCC[C@@H](C)NC(=O)COc1ccc(S(=O)(=O)Nc2ccc(C)c(Cl)c2)cc1. The van der Waals surface area contributed by atoms with E-state index >= 15 is 0 Å². The van der Waals surface area contributed by atoms with E-state index in [1.54, 1.807) is 18.2 Å². The van der Waals surface area contributed by atoms with Crippen molar-refractivity contribution < 1.29 is 17.9 Å². The minimum Gasteiger partial charge on any atom is -0.484 e. The Morgan fingerprint density at radius 3 is 2.46 bits per heavy atom. The average Bonchev–Trinajstić information content (AvgIpc) is 2.63. The molecule has 8 heteroatoms. The predicted octanol–water partition coefficient (Wildman–Crippen LogP) is 4.13. The highest BCUT2D eigenvalue weighted by Gasteiger charge is 2.15. The van der Waals surface area contributed by atoms with Gasteiger partial charge in [0.05, 0.1) is 10.6 Å². The minimum atomic E-state index is -3.76. The maximum Gasteiger partial charge on any atom is 0.261 e. The number of sulfonamides is 1. The van der Waals surface area contributed by atoms with Crippen LogP contribution in [0.3, 0.4) is 0 Å². The molecule has 2 rings (SSSR count). The van der Waals surface area contributed by atoms with E-state index in [1.807, 2.05) is 13.8 Å². The molecule has 28 heavy (non-hydrogen) atoms. The summed E-state index contributed by atoms with van der Waals surface area (Å²) in [5.41, 5.74) is 1.24. The van der Waals surface area contributed by atoms with Gasteiger partial charge in [-0.1, -0.05) is 31.0 Å². The van der Waals surface area contributed by atoms with E-state index in [4.69, 9.17) is 16.3 Å². The Bertz CT molecular complexity index is 914. The largest absolute Gasteiger partial charge is 0.484 e. The Morgan fingerprint density at radius 1 is 1.18 bits per heavy atom. The third-order valence-corrected chi connectivity index (χ3v) is 5.86. The molecule has 0 aliphatic carbocycles. The molecule has 0 heterocycles. The van der Waals surface area contributed by atoms with Gasteiger partial charge < -0.3 is 10.1 Å².